The summed E-state index contributed by atoms with van der Waals surface area (Å²) in [5.74, 6) is -0.949. The molecular weight excluding hydrogens is 291 g/mol. The molecule has 1 unspecified atom stereocenters. The lowest BCUT2D eigenvalue weighted by atomic mass is 10.0. The zero-order valence-corrected chi connectivity index (χ0v) is 12.0. The van der Waals surface area contributed by atoms with Crippen molar-refractivity contribution in [3.05, 3.63) is 30.1 Å². The predicted molar refractivity (Wildman–Crippen MR) is 74.8 cm³/mol. The van der Waals surface area contributed by atoms with E-state index in [9.17, 15) is 14.0 Å². The van der Waals surface area contributed by atoms with Crippen LogP contribution in [0.5, 0.6) is 0 Å². The van der Waals surface area contributed by atoms with E-state index in [1.165, 1.54) is 24.3 Å². The Kier molecular flexibility index (Phi) is 4.44. The van der Waals surface area contributed by atoms with E-state index in [1.807, 2.05) is 5.32 Å². The van der Waals surface area contributed by atoms with E-state index in [4.69, 9.17) is 5.73 Å². The molecule has 22 heavy (non-hydrogen) atoms. The third-order valence-electron chi connectivity index (χ3n) is 2.93. The molecule has 0 radical (unpaired) electrons. The van der Waals surface area contributed by atoms with Gasteiger partial charge >= 0.3 is 6.03 Å². The van der Waals surface area contributed by atoms with Crippen LogP contribution in [0.4, 0.5) is 9.18 Å². The predicted octanol–water partition coefficient (Wildman–Crippen LogP) is 0.871. The maximum absolute atomic E-state index is 12.9. The highest BCUT2D eigenvalue weighted by Crippen LogP contribution is 2.19. The second-order valence-electron chi connectivity index (χ2n) is 4.98. The number of rotatable bonds is 4. The molecule has 8 nitrogen and oxygen atoms in total. The molecule has 2 aromatic rings. The number of amides is 3. The van der Waals surface area contributed by atoms with Crippen molar-refractivity contribution in [1.29, 1.82) is 0 Å². The number of nitrogens with zero attached hydrogens (tertiary/aromatic N) is 4. The molecule has 0 spiro atoms. The molecule has 1 aromatic heterocycles. The summed E-state index contributed by atoms with van der Waals surface area (Å²) in [6, 6.07) is 3.77. The first kappa shape index (κ1) is 15.5. The van der Waals surface area contributed by atoms with Crippen LogP contribution in [-0.4, -0.2) is 32.1 Å². The monoisotopic (exact) mass is 306 g/mol. The van der Waals surface area contributed by atoms with Gasteiger partial charge in [-0.2, -0.15) is 4.80 Å². The average molecular weight is 306 g/mol. The Balaban J connectivity index is 2.29. The summed E-state index contributed by atoms with van der Waals surface area (Å²) in [7, 11) is 0. The van der Waals surface area contributed by atoms with Crippen LogP contribution >= 0.6 is 0 Å². The topological polar surface area (TPSA) is 116 Å². The molecule has 1 aromatic carbocycles. The third-order valence-corrected chi connectivity index (χ3v) is 2.93. The number of primary amides is 1. The first-order valence-electron chi connectivity index (χ1n) is 6.54. The third kappa shape index (κ3) is 3.43. The Hall–Kier alpha value is -2.84. The molecule has 0 bridgehead atoms. The van der Waals surface area contributed by atoms with Crippen molar-refractivity contribution in [2.75, 3.05) is 0 Å². The SMILES string of the molecule is CC(C)C(C(=O)NC(N)=O)n1nnc(-c2ccc(F)cc2)n1. The van der Waals surface area contributed by atoms with Crippen LogP contribution < -0.4 is 11.1 Å². The molecule has 0 fully saturated rings. The van der Waals surface area contributed by atoms with Gasteiger partial charge in [0.1, 0.15) is 5.82 Å². The van der Waals surface area contributed by atoms with Gasteiger partial charge in [-0.15, -0.1) is 10.2 Å². The van der Waals surface area contributed by atoms with Gasteiger partial charge < -0.3 is 5.73 Å². The molecular formula is C13H15FN6O2. The van der Waals surface area contributed by atoms with Crippen LogP contribution in [0.1, 0.15) is 19.9 Å². The maximum atomic E-state index is 12.9. The zero-order chi connectivity index (χ0) is 16.3. The van der Waals surface area contributed by atoms with E-state index in [-0.39, 0.29) is 17.6 Å². The number of benzene rings is 1. The molecule has 116 valence electrons. The number of nitrogens with two attached hydrogens (primary N) is 1. The Labute approximate surface area is 125 Å². The van der Waals surface area contributed by atoms with E-state index >= 15 is 0 Å². The quantitative estimate of drug-likeness (QED) is 0.869. The molecule has 3 amide bonds. The van der Waals surface area contributed by atoms with Gasteiger partial charge in [0.25, 0.3) is 5.91 Å². The number of halogens is 1. The lowest BCUT2D eigenvalue weighted by Crippen LogP contribution is -2.42. The Bertz CT molecular complexity index is 682. The molecule has 0 aliphatic carbocycles. The highest BCUT2D eigenvalue weighted by molar-refractivity contribution is 5.95. The smallest absolute Gasteiger partial charge is 0.318 e. The van der Waals surface area contributed by atoms with Crippen LogP contribution in [0.2, 0.25) is 0 Å². The standard InChI is InChI=1S/C13H15FN6O2/c1-7(2)10(12(21)16-13(15)22)20-18-11(17-19-20)8-3-5-9(14)6-4-8/h3-7,10H,1-2H3,(H3,15,16,21,22). The number of imide groups is 1. The van der Waals surface area contributed by atoms with E-state index in [0.717, 1.165) is 4.80 Å². The molecule has 0 aliphatic rings. The number of carbonyl (C=O) groups is 2. The van der Waals surface area contributed by atoms with Crippen molar-refractivity contribution in [3.63, 3.8) is 0 Å². The number of urea groups is 1. The van der Waals surface area contributed by atoms with Crippen LogP contribution in [0.25, 0.3) is 11.4 Å². The largest absolute Gasteiger partial charge is 0.351 e. The fourth-order valence-electron chi connectivity index (χ4n) is 1.93. The summed E-state index contributed by atoms with van der Waals surface area (Å²) in [5.41, 5.74) is 5.51. The highest BCUT2D eigenvalue weighted by Gasteiger charge is 2.28. The van der Waals surface area contributed by atoms with Gasteiger partial charge in [0.15, 0.2) is 6.04 Å². The molecule has 0 saturated carbocycles. The van der Waals surface area contributed by atoms with Gasteiger partial charge in [-0.3, -0.25) is 10.1 Å². The van der Waals surface area contributed by atoms with Crippen molar-refractivity contribution >= 4 is 11.9 Å². The zero-order valence-electron chi connectivity index (χ0n) is 12.0. The van der Waals surface area contributed by atoms with E-state index in [1.54, 1.807) is 13.8 Å². The van der Waals surface area contributed by atoms with Crippen molar-refractivity contribution in [2.45, 2.75) is 19.9 Å². The number of tetrazole rings is 1. The molecule has 1 heterocycles. The molecule has 0 aliphatic heterocycles. The fraction of sp³-hybridized carbons (Fsp3) is 0.308. The Morgan fingerprint density at radius 3 is 2.45 bits per heavy atom. The maximum Gasteiger partial charge on any atom is 0.318 e. The lowest BCUT2D eigenvalue weighted by molar-refractivity contribution is -0.125. The number of hydrogen-bond donors (Lipinski definition) is 2. The summed E-state index contributed by atoms with van der Waals surface area (Å²) < 4.78 is 12.9. The minimum atomic E-state index is -0.950. The van der Waals surface area contributed by atoms with Gasteiger partial charge in [-0.1, -0.05) is 13.8 Å². The number of hydrogen-bond acceptors (Lipinski definition) is 5. The van der Waals surface area contributed by atoms with Crippen molar-refractivity contribution in [3.8, 4) is 11.4 Å². The van der Waals surface area contributed by atoms with E-state index in [2.05, 4.69) is 15.4 Å². The second kappa shape index (κ2) is 6.29. The molecule has 2 rings (SSSR count). The normalized spacial score (nSPS) is 12.2. The summed E-state index contributed by atoms with van der Waals surface area (Å²) in [5, 5.41) is 13.8. The van der Waals surface area contributed by atoms with E-state index in [0.29, 0.717) is 5.56 Å². The Morgan fingerprint density at radius 2 is 1.91 bits per heavy atom. The molecule has 9 heteroatoms. The van der Waals surface area contributed by atoms with Gasteiger partial charge in [-0.05, 0) is 35.4 Å². The Morgan fingerprint density at radius 1 is 1.27 bits per heavy atom. The summed E-state index contributed by atoms with van der Waals surface area (Å²) in [6.45, 7) is 3.54. The fourth-order valence-corrected chi connectivity index (χ4v) is 1.93. The summed E-state index contributed by atoms with van der Waals surface area (Å²) in [6.07, 6.45) is 0. The molecule has 3 N–H and O–H groups in total. The van der Waals surface area contributed by atoms with Gasteiger partial charge in [-0.25, -0.2) is 9.18 Å². The highest BCUT2D eigenvalue weighted by atomic mass is 19.1. The number of aromatic nitrogens is 4. The summed E-state index contributed by atoms with van der Waals surface area (Å²) in [4.78, 5) is 23.9. The molecule has 1 atom stereocenters. The molecule has 0 saturated heterocycles. The second-order valence-corrected chi connectivity index (χ2v) is 4.98. The van der Waals surface area contributed by atoms with Crippen LogP contribution in [0.15, 0.2) is 24.3 Å². The van der Waals surface area contributed by atoms with Crippen LogP contribution in [-0.2, 0) is 4.79 Å². The van der Waals surface area contributed by atoms with Crippen LogP contribution in [0.3, 0.4) is 0 Å². The minimum absolute atomic E-state index is 0.199. The summed E-state index contributed by atoms with van der Waals surface area (Å²) >= 11 is 0. The van der Waals surface area contributed by atoms with E-state index < -0.39 is 18.0 Å². The first-order valence-corrected chi connectivity index (χ1v) is 6.54. The van der Waals surface area contributed by atoms with Crippen LogP contribution in [0, 0.1) is 11.7 Å². The van der Waals surface area contributed by atoms with Gasteiger partial charge in [0, 0.05) is 5.56 Å². The minimum Gasteiger partial charge on any atom is -0.351 e. The lowest BCUT2D eigenvalue weighted by Gasteiger charge is -2.17. The average Bonchev–Trinajstić information content (AvgIpc) is 2.87. The van der Waals surface area contributed by atoms with Gasteiger partial charge in [0.2, 0.25) is 5.82 Å². The number of nitrogens with one attached hydrogen (secondary N) is 1. The first-order chi connectivity index (χ1) is 10.4. The van der Waals surface area contributed by atoms with Gasteiger partial charge in [0.05, 0.1) is 0 Å². The van der Waals surface area contributed by atoms with Crippen molar-refractivity contribution in [2.24, 2.45) is 11.7 Å². The number of carbonyl (C=O) groups excluding carboxylic acids is 2. The van der Waals surface area contributed by atoms with Crippen molar-refractivity contribution < 1.29 is 14.0 Å². The van der Waals surface area contributed by atoms with Crippen molar-refractivity contribution in [1.82, 2.24) is 25.5 Å².